The van der Waals surface area contributed by atoms with Crippen LogP contribution in [-0.2, 0) is 0 Å². The molecule has 0 aliphatic heterocycles. The Hall–Kier alpha value is -7.35. The summed E-state index contributed by atoms with van der Waals surface area (Å²) in [7, 11) is 0. The first kappa shape index (κ1) is 37.0. The Labute approximate surface area is 352 Å². The summed E-state index contributed by atoms with van der Waals surface area (Å²) in [6.07, 6.45) is 15.6. The first-order chi connectivity index (χ1) is 29.7. The van der Waals surface area contributed by atoms with E-state index >= 15 is 0 Å². The molecule has 0 radical (unpaired) electrons. The molecule has 0 amide bonds. The van der Waals surface area contributed by atoms with Crippen molar-refractivity contribution in [2.75, 3.05) is 0 Å². The lowest BCUT2D eigenvalue weighted by Gasteiger charge is -2.25. The predicted octanol–water partition coefficient (Wildman–Crippen LogP) is 14.7. The maximum atomic E-state index is 4.74. The molecule has 1 heterocycles. The number of allylic oxidation sites excluding steroid dienone is 4. The van der Waals surface area contributed by atoms with E-state index < -0.39 is 0 Å². The Kier molecular flexibility index (Phi) is 9.93. The molecule has 1 aromatic heterocycles. The van der Waals surface area contributed by atoms with Crippen LogP contribution in [0.25, 0.3) is 106 Å². The molecule has 0 atom stereocenters. The van der Waals surface area contributed by atoms with Gasteiger partial charge in [0.1, 0.15) is 0 Å². The minimum absolute atomic E-state index is 1.00. The van der Waals surface area contributed by atoms with E-state index in [4.69, 9.17) is 4.98 Å². The summed E-state index contributed by atoms with van der Waals surface area (Å²) in [5.74, 6) is 0. The molecule has 286 valence electrons. The molecule has 0 saturated carbocycles. The van der Waals surface area contributed by atoms with Crippen molar-refractivity contribution in [2.24, 2.45) is 0 Å². The van der Waals surface area contributed by atoms with Gasteiger partial charge in [0.15, 0.2) is 0 Å². The number of aromatic nitrogens is 1. The fraction of sp³-hybridized carbons (Fsp3) is 0.0678. The minimum Gasteiger partial charge on any atom is -0.256 e. The van der Waals surface area contributed by atoms with Crippen molar-refractivity contribution < 1.29 is 0 Å². The highest BCUT2D eigenvalue weighted by Gasteiger charge is 2.25. The second-order valence-corrected chi connectivity index (χ2v) is 15.5. The summed E-state index contributed by atoms with van der Waals surface area (Å²) in [4.78, 5) is 4.74. The molecule has 0 spiro atoms. The Morgan fingerprint density at radius 1 is 0.417 bits per heavy atom. The number of rotatable bonds is 7. The van der Waals surface area contributed by atoms with Crippen molar-refractivity contribution in [2.45, 2.75) is 26.7 Å². The van der Waals surface area contributed by atoms with E-state index in [1.807, 2.05) is 12.3 Å². The highest BCUT2D eigenvalue weighted by Crippen LogP contribution is 2.49. The highest BCUT2D eigenvalue weighted by atomic mass is 14.6. The van der Waals surface area contributed by atoms with Crippen molar-refractivity contribution in [1.29, 1.82) is 0 Å². The number of hydrogen-bond acceptors (Lipinski definition) is 1. The average Bonchev–Trinajstić information content (AvgIpc) is 3.33. The third kappa shape index (κ3) is 6.59. The Bertz CT molecular complexity index is 3240. The van der Waals surface area contributed by atoms with Crippen molar-refractivity contribution in [3.8, 4) is 66.8 Å². The number of nitrogens with zero attached hydrogens (tertiary/aromatic N) is 1. The fourth-order valence-electron chi connectivity index (χ4n) is 9.42. The van der Waals surface area contributed by atoms with Gasteiger partial charge in [-0.25, -0.2) is 0 Å². The van der Waals surface area contributed by atoms with Crippen LogP contribution in [0.4, 0.5) is 0 Å². The van der Waals surface area contributed by atoms with Gasteiger partial charge in [0.25, 0.3) is 0 Å². The lowest BCUT2D eigenvalue weighted by Crippen LogP contribution is -2.29. The molecule has 0 bridgehead atoms. The van der Waals surface area contributed by atoms with E-state index in [9.17, 15) is 0 Å². The summed E-state index contributed by atoms with van der Waals surface area (Å²) >= 11 is 0. The molecule has 1 aliphatic rings. The van der Waals surface area contributed by atoms with Gasteiger partial charge in [-0.3, -0.25) is 4.98 Å². The Morgan fingerprint density at radius 3 is 1.62 bits per heavy atom. The molecular weight excluding hydrogens is 723 g/mol. The first-order valence-electron chi connectivity index (χ1n) is 21.1. The normalized spacial score (nSPS) is 13.3. The van der Waals surface area contributed by atoms with Gasteiger partial charge in [0, 0.05) is 11.6 Å². The summed E-state index contributed by atoms with van der Waals surface area (Å²) in [6, 6.07) is 64.4. The van der Waals surface area contributed by atoms with E-state index in [1.165, 1.54) is 99.1 Å². The predicted molar refractivity (Wildman–Crippen MR) is 258 cm³/mol. The zero-order valence-corrected chi connectivity index (χ0v) is 34.1. The zero-order valence-electron chi connectivity index (χ0n) is 34.1. The van der Waals surface area contributed by atoms with Gasteiger partial charge in [-0.1, -0.05) is 182 Å². The molecule has 10 rings (SSSR count). The molecule has 60 heavy (non-hydrogen) atoms. The quantitative estimate of drug-likeness (QED) is 0.157. The number of benzene rings is 8. The molecular formula is C59H45N. The molecule has 1 heteroatoms. The second kappa shape index (κ2) is 16.1. The van der Waals surface area contributed by atoms with Crippen LogP contribution in [0.1, 0.15) is 32.3 Å². The number of fused-ring (bicyclic) bond motifs is 2. The van der Waals surface area contributed by atoms with Crippen molar-refractivity contribution in [1.82, 2.24) is 4.98 Å². The van der Waals surface area contributed by atoms with Gasteiger partial charge in [0.2, 0.25) is 0 Å². The third-order valence-corrected chi connectivity index (χ3v) is 12.0. The van der Waals surface area contributed by atoms with Gasteiger partial charge in [0.05, 0.1) is 5.52 Å². The van der Waals surface area contributed by atoms with Crippen molar-refractivity contribution in [3.05, 3.63) is 216 Å². The average molecular weight is 768 g/mol. The van der Waals surface area contributed by atoms with Crippen LogP contribution in [-0.4, -0.2) is 4.98 Å². The summed E-state index contributed by atoms with van der Waals surface area (Å²) in [5.41, 5.74) is 18.1. The topological polar surface area (TPSA) is 12.9 Å². The van der Waals surface area contributed by atoms with Gasteiger partial charge in [-0.15, -0.1) is 0 Å². The Balaban J connectivity index is 1.29. The molecule has 1 aliphatic carbocycles. The van der Waals surface area contributed by atoms with Crippen LogP contribution >= 0.6 is 0 Å². The van der Waals surface area contributed by atoms with Crippen LogP contribution < -0.4 is 10.4 Å². The van der Waals surface area contributed by atoms with Crippen molar-refractivity contribution >= 4 is 39.4 Å². The lowest BCUT2D eigenvalue weighted by atomic mass is 9.77. The molecule has 0 N–H and O–H groups in total. The standard InChI is InChI=1S/C59H45N/c1-3-48-49(4-2)56(47-35-34-41-31-20-36-60-54(41)38-47)51-33-18-17-32-50(51)55(48)46-30-19-29-45(37-46)53-39-52(40-21-9-5-10-22-40)57(42-23-11-6-12-24-42)59(44-27-15-8-16-28-44)58(53)43-25-13-7-14-26-43/h3-5,7-11,13-39H,6,12H2,1-2H3/b48-3+,49-4+. The molecule has 1 nitrogen and oxygen atoms in total. The second-order valence-electron chi connectivity index (χ2n) is 15.5. The number of hydrogen-bond donors (Lipinski definition) is 0. The van der Waals surface area contributed by atoms with E-state index in [-0.39, 0.29) is 0 Å². The lowest BCUT2D eigenvalue weighted by molar-refractivity contribution is 1.04. The smallest absolute Gasteiger partial charge is 0.0708 e. The van der Waals surface area contributed by atoms with Crippen LogP contribution in [0.3, 0.4) is 0 Å². The third-order valence-electron chi connectivity index (χ3n) is 12.0. The Morgan fingerprint density at radius 2 is 0.983 bits per heavy atom. The van der Waals surface area contributed by atoms with E-state index in [1.54, 1.807) is 0 Å². The molecule has 9 aromatic rings. The molecule has 8 aromatic carbocycles. The van der Waals surface area contributed by atoms with Gasteiger partial charge < -0.3 is 0 Å². The minimum atomic E-state index is 1.00. The highest BCUT2D eigenvalue weighted by molar-refractivity contribution is 6.09. The number of pyridine rings is 1. The summed E-state index contributed by atoms with van der Waals surface area (Å²) in [6.45, 7) is 4.34. The van der Waals surface area contributed by atoms with E-state index in [0.717, 1.165) is 23.7 Å². The largest absolute Gasteiger partial charge is 0.256 e. The zero-order chi connectivity index (χ0) is 40.4. The van der Waals surface area contributed by atoms with Crippen molar-refractivity contribution in [3.63, 3.8) is 0 Å². The van der Waals surface area contributed by atoms with E-state index in [0.29, 0.717) is 0 Å². The first-order valence-corrected chi connectivity index (χ1v) is 21.1. The van der Waals surface area contributed by atoms with Gasteiger partial charge in [-0.2, -0.15) is 0 Å². The van der Waals surface area contributed by atoms with E-state index in [2.05, 4.69) is 214 Å². The summed E-state index contributed by atoms with van der Waals surface area (Å²) < 4.78 is 0. The molecule has 0 saturated heterocycles. The van der Waals surface area contributed by atoms with Gasteiger partial charge >= 0.3 is 0 Å². The van der Waals surface area contributed by atoms with Crippen LogP contribution in [0.5, 0.6) is 0 Å². The van der Waals surface area contributed by atoms with Crippen LogP contribution in [0, 0.1) is 0 Å². The maximum absolute atomic E-state index is 4.74. The maximum Gasteiger partial charge on any atom is 0.0708 e. The molecule has 0 fully saturated rings. The SMILES string of the molecule is C/C=c1/c(-c2cccc(-c3cc(-c4ccccc4)c(C4=CCCC=C4)c(-c4ccccc4)c3-c3ccccc3)c2)c2ccccc2c(-c2ccc3cccnc3c2)/c1=C/C. The van der Waals surface area contributed by atoms with Crippen LogP contribution in [0.15, 0.2) is 200 Å². The van der Waals surface area contributed by atoms with Gasteiger partial charge in [-0.05, 0) is 150 Å². The fourth-order valence-corrected chi connectivity index (χ4v) is 9.42. The molecule has 0 unspecified atom stereocenters. The monoisotopic (exact) mass is 767 g/mol. The van der Waals surface area contributed by atoms with Crippen LogP contribution in [0.2, 0.25) is 0 Å². The summed E-state index contributed by atoms with van der Waals surface area (Å²) in [5, 5.41) is 6.06.